The summed E-state index contributed by atoms with van der Waals surface area (Å²) in [5, 5.41) is 0. The van der Waals surface area contributed by atoms with Gasteiger partial charge in [0.25, 0.3) is 5.91 Å². The number of rotatable bonds is 4. The summed E-state index contributed by atoms with van der Waals surface area (Å²) in [6, 6.07) is 4.26. The molecule has 2 aliphatic rings. The van der Waals surface area contributed by atoms with Crippen LogP contribution in [0.2, 0.25) is 0 Å². The number of carbonyl (C=O) groups is 1. The lowest BCUT2D eigenvalue weighted by Crippen LogP contribution is -2.29. The maximum absolute atomic E-state index is 12.7. The maximum Gasteiger partial charge on any atom is 0.328 e. The van der Waals surface area contributed by atoms with Crippen molar-refractivity contribution in [1.29, 1.82) is 0 Å². The van der Waals surface area contributed by atoms with Crippen LogP contribution in [0.3, 0.4) is 0 Å². The van der Waals surface area contributed by atoms with E-state index in [4.69, 9.17) is 4.98 Å². The van der Waals surface area contributed by atoms with E-state index in [-0.39, 0.29) is 17.5 Å². The van der Waals surface area contributed by atoms with E-state index in [0.717, 1.165) is 74.5 Å². The van der Waals surface area contributed by atoms with E-state index in [1.807, 2.05) is 25.9 Å². The highest BCUT2D eigenvalue weighted by atomic mass is 16.2. The van der Waals surface area contributed by atoms with Crippen molar-refractivity contribution in [2.24, 2.45) is 14.1 Å². The van der Waals surface area contributed by atoms with Gasteiger partial charge in [-0.2, -0.15) is 0 Å². The third-order valence-electron chi connectivity index (χ3n) is 7.38. The predicted octanol–water partition coefficient (Wildman–Crippen LogP) is 2.51. The average Bonchev–Trinajstić information content (AvgIpc) is 3.54. The number of aryl methyl sites for hydroxylation is 4. The topological polar surface area (TPSA) is 76.3 Å². The van der Waals surface area contributed by atoms with Crippen molar-refractivity contribution in [3.05, 3.63) is 57.0 Å². The molecule has 33 heavy (non-hydrogen) atoms. The number of imidazole rings is 1. The number of carbonyl (C=O) groups excluding carboxylic acids is 1. The number of hydrogen-bond donors (Lipinski definition) is 0. The van der Waals surface area contributed by atoms with Crippen LogP contribution in [0.25, 0.3) is 11.0 Å². The first-order valence-electron chi connectivity index (χ1n) is 11.8. The van der Waals surface area contributed by atoms with Crippen molar-refractivity contribution in [2.75, 3.05) is 26.2 Å². The standard InChI is InChI=1S/C25H32N6O2/c1-16-11-21-22(29(4)25(33)28(21)3)12-19(16)15-30-10-7-18(14-30)23-26-13-20(17(2)27-23)24(32)31-8-5-6-9-31/h11-13,18H,5-10,14-15H2,1-4H3. The van der Waals surface area contributed by atoms with Gasteiger partial charge < -0.3 is 4.90 Å². The lowest BCUT2D eigenvalue weighted by Gasteiger charge is -2.18. The van der Waals surface area contributed by atoms with Crippen molar-refractivity contribution < 1.29 is 4.79 Å². The molecule has 1 aromatic carbocycles. The summed E-state index contributed by atoms with van der Waals surface area (Å²) in [6.45, 7) is 8.41. The fourth-order valence-electron chi connectivity index (χ4n) is 5.27. The van der Waals surface area contributed by atoms with Gasteiger partial charge in [-0.05, 0) is 62.9 Å². The summed E-state index contributed by atoms with van der Waals surface area (Å²) < 4.78 is 3.42. The molecule has 3 aromatic rings. The Hall–Kier alpha value is -3.00. The molecule has 2 fully saturated rings. The molecule has 1 amide bonds. The van der Waals surface area contributed by atoms with E-state index in [1.165, 1.54) is 11.1 Å². The highest BCUT2D eigenvalue weighted by Gasteiger charge is 2.28. The Morgan fingerprint density at radius 3 is 2.45 bits per heavy atom. The summed E-state index contributed by atoms with van der Waals surface area (Å²) in [7, 11) is 3.65. The Morgan fingerprint density at radius 2 is 1.76 bits per heavy atom. The Bertz CT molecular complexity index is 1280. The summed E-state index contributed by atoms with van der Waals surface area (Å²) in [6.07, 6.45) is 4.89. The summed E-state index contributed by atoms with van der Waals surface area (Å²) in [5.41, 5.74) is 5.79. The number of benzene rings is 1. The van der Waals surface area contributed by atoms with Gasteiger partial charge in [0.15, 0.2) is 0 Å². The zero-order valence-electron chi connectivity index (χ0n) is 20.0. The first kappa shape index (κ1) is 21.8. The zero-order valence-corrected chi connectivity index (χ0v) is 20.0. The van der Waals surface area contributed by atoms with E-state index < -0.39 is 0 Å². The minimum Gasteiger partial charge on any atom is -0.339 e. The molecule has 8 nitrogen and oxygen atoms in total. The van der Waals surface area contributed by atoms with Crippen LogP contribution in [0.5, 0.6) is 0 Å². The molecule has 0 spiro atoms. The Kier molecular flexibility index (Phi) is 5.56. The van der Waals surface area contributed by atoms with Crippen molar-refractivity contribution in [2.45, 2.75) is 45.6 Å². The number of likely N-dealkylation sites (tertiary alicyclic amines) is 2. The largest absolute Gasteiger partial charge is 0.339 e. The minimum atomic E-state index is 0.00182. The summed E-state index contributed by atoms with van der Waals surface area (Å²) in [5.74, 6) is 1.17. The monoisotopic (exact) mass is 448 g/mol. The van der Waals surface area contributed by atoms with Gasteiger partial charge in [0.2, 0.25) is 0 Å². The van der Waals surface area contributed by atoms with Gasteiger partial charge in [-0.1, -0.05) is 0 Å². The molecule has 2 saturated heterocycles. The van der Waals surface area contributed by atoms with Gasteiger partial charge in [-0.25, -0.2) is 14.8 Å². The zero-order chi connectivity index (χ0) is 23.3. The second-order valence-electron chi connectivity index (χ2n) is 9.62. The molecule has 1 atom stereocenters. The summed E-state index contributed by atoms with van der Waals surface area (Å²) >= 11 is 0. The maximum atomic E-state index is 12.7. The summed E-state index contributed by atoms with van der Waals surface area (Å²) in [4.78, 5) is 38.7. The molecule has 2 aliphatic heterocycles. The number of fused-ring (bicyclic) bond motifs is 1. The quantitative estimate of drug-likeness (QED) is 0.613. The van der Waals surface area contributed by atoms with Crippen molar-refractivity contribution in [3.8, 4) is 0 Å². The van der Waals surface area contributed by atoms with Crippen molar-refractivity contribution >= 4 is 16.9 Å². The molecule has 8 heteroatoms. The third-order valence-corrected chi connectivity index (χ3v) is 7.38. The lowest BCUT2D eigenvalue weighted by molar-refractivity contribution is 0.0791. The molecule has 0 aliphatic carbocycles. The molecule has 0 radical (unpaired) electrons. The Labute approximate surface area is 193 Å². The first-order valence-corrected chi connectivity index (χ1v) is 11.8. The Morgan fingerprint density at radius 1 is 1.06 bits per heavy atom. The Balaban J connectivity index is 1.30. The fraction of sp³-hybridized carbons (Fsp3) is 0.520. The van der Waals surface area contributed by atoms with Crippen molar-refractivity contribution in [3.63, 3.8) is 0 Å². The van der Waals surface area contributed by atoms with Gasteiger partial charge in [-0.15, -0.1) is 0 Å². The second-order valence-corrected chi connectivity index (χ2v) is 9.62. The molecule has 0 bridgehead atoms. The van der Waals surface area contributed by atoms with Gasteiger partial charge in [0, 0.05) is 52.4 Å². The predicted molar refractivity (Wildman–Crippen MR) is 127 cm³/mol. The van der Waals surface area contributed by atoms with Gasteiger partial charge in [-0.3, -0.25) is 18.8 Å². The minimum absolute atomic E-state index is 0.00182. The van der Waals surface area contributed by atoms with E-state index >= 15 is 0 Å². The van der Waals surface area contributed by atoms with E-state index in [0.29, 0.717) is 5.56 Å². The fourth-order valence-corrected chi connectivity index (χ4v) is 5.27. The van der Waals surface area contributed by atoms with Crippen LogP contribution in [-0.2, 0) is 20.6 Å². The number of nitrogens with zero attached hydrogens (tertiary/aromatic N) is 6. The van der Waals surface area contributed by atoms with Crippen LogP contribution in [-0.4, -0.2) is 61.0 Å². The van der Waals surface area contributed by atoms with Crippen LogP contribution in [0, 0.1) is 13.8 Å². The van der Waals surface area contributed by atoms with Crippen LogP contribution in [0.15, 0.2) is 23.1 Å². The third kappa shape index (κ3) is 3.86. The smallest absolute Gasteiger partial charge is 0.328 e. The van der Waals surface area contributed by atoms with Crippen molar-refractivity contribution in [1.82, 2.24) is 28.9 Å². The molecule has 0 saturated carbocycles. The molecule has 1 unspecified atom stereocenters. The SMILES string of the molecule is Cc1cc2c(cc1CN1CCC(c3ncc(C(=O)N4CCCC4)c(C)n3)C1)n(C)c(=O)n2C. The highest BCUT2D eigenvalue weighted by Crippen LogP contribution is 2.28. The first-order chi connectivity index (χ1) is 15.8. The van der Waals surface area contributed by atoms with Crippen LogP contribution >= 0.6 is 0 Å². The van der Waals surface area contributed by atoms with Crippen LogP contribution in [0.4, 0.5) is 0 Å². The molecule has 2 aromatic heterocycles. The van der Waals surface area contributed by atoms with Gasteiger partial charge in [0.1, 0.15) is 5.82 Å². The van der Waals surface area contributed by atoms with Gasteiger partial charge >= 0.3 is 5.69 Å². The van der Waals surface area contributed by atoms with E-state index in [2.05, 4.69) is 28.9 Å². The van der Waals surface area contributed by atoms with E-state index in [9.17, 15) is 9.59 Å². The molecular formula is C25H32N6O2. The molecule has 174 valence electrons. The molecule has 0 N–H and O–H groups in total. The number of hydrogen-bond acceptors (Lipinski definition) is 5. The molecule has 4 heterocycles. The van der Waals surface area contributed by atoms with Gasteiger partial charge in [0.05, 0.1) is 22.3 Å². The number of amides is 1. The lowest BCUT2D eigenvalue weighted by atomic mass is 10.1. The average molecular weight is 449 g/mol. The highest BCUT2D eigenvalue weighted by molar-refractivity contribution is 5.95. The van der Waals surface area contributed by atoms with Crippen LogP contribution in [0.1, 0.15) is 58.2 Å². The molecular weight excluding hydrogens is 416 g/mol. The van der Waals surface area contributed by atoms with Crippen LogP contribution < -0.4 is 5.69 Å². The number of aromatic nitrogens is 4. The normalized spacial score (nSPS) is 19.2. The van der Waals surface area contributed by atoms with E-state index in [1.54, 1.807) is 15.3 Å². The second kappa shape index (κ2) is 8.41. The molecule has 5 rings (SSSR count).